The minimum Gasteiger partial charge on any atom is -0.507 e. The van der Waals surface area contributed by atoms with E-state index in [1.165, 1.54) is 48.2 Å². The predicted molar refractivity (Wildman–Crippen MR) is 134 cm³/mol. The maximum absolute atomic E-state index is 13.9. The van der Waals surface area contributed by atoms with Gasteiger partial charge in [0.25, 0.3) is 17.6 Å². The smallest absolute Gasteiger partial charge is 0.296 e. The molecule has 4 rings (SSSR count). The van der Waals surface area contributed by atoms with Crippen LogP contribution in [0.2, 0.25) is 0 Å². The number of sulfonamides is 1. The molecule has 10 nitrogen and oxygen atoms in total. The molecule has 2 aromatic carbocycles. The van der Waals surface area contributed by atoms with Crippen molar-refractivity contribution in [1.82, 2.24) is 14.1 Å². The molecule has 0 aromatic heterocycles. The number of amides is 2. The van der Waals surface area contributed by atoms with Gasteiger partial charge in [-0.3, -0.25) is 14.4 Å². The highest BCUT2D eigenvalue weighted by atomic mass is 32.2. The fraction of sp³-hybridized carbons (Fsp3) is 0.320. The molecule has 1 N–H and O–H groups in total. The van der Waals surface area contributed by atoms with Crippen LogP contribution in [0.4, 0.5) is 5.69 Å². The Kier molecular flexibility index (Phi) is 6.27. The molecule has 1 spiro atoms. The fourth-order valence-corrected chi connectivity index (χ4v) is 5.68. The van der Waals surface area contributed by atoms with E-state index < -0.39 is 38.9 Å². The number of hydrogen-bond acceptors (Lipinski definition) is 7. The summed E-state index contributed by atoms with van der Waals surface area (Å²) in [5, 5.41) is 11.5. The number of Topliss-reactive ketones (excluding diaryl/α,β-unsaturated/α-hetero) is 1. The molecule has 1 atom stereocenters. The zero-order valence-electron chi connectivity index (χ0n) is 20.7. The lowest BCUT2D eigenvalue weighted by atomic mass is 9.82. The molecule has 2 amide bonds. The minimum absolute atomic E-state index is 0.00254. The Morgan fingerprint density at radius 2 is 1.67 bits per heavy atom. The Labute approximate surface area is 210 Å². The fourth-order valence-electron chi connectivity index (χ4n) is 4.73. The molecule has 0 bridgehead atoms. The average molecular weight is 513 g/mol. The van der Waals surface area contributed by atoms with Gasteiger partial charge in [-0.2, -0.15) is 0 Å². The first-order valence-corrected chi connectivity index (χ1v) is 12.7. The van der Waals surface area contributed by atoms with Crippen molar-refractivity contribution >= 4 is 39.1 Å². The largest absolute Gasteiger partial charge is 0.507 e. The first-order valence-electron chi connectivity index (χ1n) is 11.2. The van der Waals surface area contributed by atoms with Crippen molar-refractivity contribution in [2.24, 2.45) is 0 Å². The monoisotopic (exact) mass is 512 g/mol. The van der Waals surface area contributed by atoms with Gasteiger partial charge in [-0.1, -0.05) is 30.3 Å². The summed E-state index contributed by atoms with van der Waals surface area (Å²) in [6.07, 6.45) is 0. The second kappa shape index (κ2) is 8.84. The van der Waals surface area contributed by atoms with Gasteiger partial charge in [-0.15, -0.1) is 0 Å². The van der Waals surface area contributed by atoms with E-state index in [-0.39, 0.29) is 22.6 Å². The topological polar surface area (TPSA) is 119 Å². The van der Waals surface area contributed by atoms with E-state index in [0.717, 1.165) is 4.31 Å². The summed E-state index contributed by atoms with van der Waals surface area (Å²) in [6.45, 7) is 0.419. The van der Waals surface area contributed by atoms with E-state index in [1.807, 2.05) is 4.90 Å². The van der Waals surface area contributed by atoms with E-state index in [9.17, 15) is 27.9 Å². The molecule has 0 aliphatic carbocycles. The number of likely N-dealkylation sites (tertiary alicyclic amines) is 1. The molecule has 36 heavy (non-hydrogen) atoms. The predicted octanol–water partition coefficient (Wildman–Crippen LogP) is 1.05. The van der Waals surface area contributed by atoms with Crippen LogP contribution in [-0.4, -0.2) is 93.6 Å². The van der Waals surface area contributed by atoms with Crippen molar-refractivity contribution < 1.29 is 27.9 Å². The van der Waals surface area contributed by atoms with Gasteiger partial charge < -0.3 is 19.8 Å². The van der Waals surface area contributed by atoms with Crippen LogP contribution >= 0.6 is 0 Å². The number of carbonyl (C=O) groups excluding carboxylic acids is 3. The number of anilines is 1. The van der Waals surface area contributed by atoms with Crippen LogP contribution in [0.15, 0.2) is 59.0 Å². The van der Waals surface area contributed by atoms with Gasteiger partial charge in [0.15, 0.2) is 5.54 Å². The molecule has 0 unspecified atom stereocenters. The number of nitrogens with zero attached hydrogens (tertiary/aromatic N) is 4. The lowest BCUT2D eigenvalue weighted by Crippen LogP contribution is -2.52. The highest BCUT2D eigenvalue weighted by molar-refractivity contribution is 7.89. The molecule has 0 radical (unpaired) electrons. The molecule has 2 aliphatic rings. The molecule has 2 aliphatic heterocycles. The zero-order chi connectivity index (χ0) is 26.6. The molecule has 0 saturated carbocycles. The summed E-state index contributed by atoms with van der Waals surface area (Å²) in [5.41, 5.74) is -1.35. The van der Waals surface area contributed by atoms with Crippen molar-refractivity contribution in [2.45, 2.75) is 10.4 Å². The van der Waals surface area contributed by atoms with Crippen molar-refractivity contribution in [2.75, 3.05) is 53.2 Å². The van der Waals surface area contributed by atoms with Gasteiger partial charge >= 0.3 is 0 Å². The molecule has 2 heterocycles. The summed E-state index contributed by atoms with van der Waals surface area (Å²) in [6, 6.07) is 12.2. The van der Waals surface area contributed by atoms with E-state index in [1.54, 1.807) is 45.4 Å². The standard InChI is InChI=1S/C25H28N4O6S/c1-26(2)13-14-29-23(32)22(31)20(25(29)18-11-6-7-12-19(18)28(5)24(25)33)21(30)16-9-8-10-17(15-16)36(34,35)27(3)4/h6-12,15,30H,13-14H2,1-5H3/t25-/m1/s1. The number of aliphatic hydroxyl groups excluding tert-OH is 1. The van der Waals surface area contributed by atoms with Crippen molar-refractivity contribution in [3.8, 4) is 0 Å². The van der Waals surface area contributed by atoms with Crippen LogP contribution in [0.1, 0.15) is 11.1 Å². The Bertz CT molecular complexity index is 1420. The first kappa shape index (κ1) is 25.5. The number of carbonyl (C=O) groups is 3. The van der Waals surface area contributed by atoms with Gasteiger partial charge in [0.2, 0.25) is 10.0 Å². The van der Waals surface area contributed by atoms with E-state index in [0.29, 0.717) is 17.8 Å². The number of fused-ring (bicyclic) bond motifs is 2. The third kappa shape index (κ3) is 3.54. The summed E-state index contributed by atoms with van der Waals surface area (Å²) in [4.78, 5) is 45.0. The normalized spacial score (nSPS) is 21.4. The van der Waals surface area contributed by atoms with Crippen LogP contribution in [0.25, 0.3) is 5.76 Å². The van der Waals surface area contributed by atoms with Gasteiger partial charge in [-0.05, 0) is 32.3 Å². The van der Waals surface area contributed by atoms with E-state index in [4.69, 9.17) is 0 Å². The Morgan fingerprint density at radius 1 is 1.00 bits per heavy atom. The SMILES string of the molecule is CN(C)CCN1C(=O)C(=O)C(=C(O)c2cccc(S(=O)(=O)N(C)C)c2)[C@]12C(=O)N(C)c1ccccc12. The summed E-state index contributed by atoms with van der Waals surface area (Å²) in [7, 11) is 4.06. The summed E-state index contributed by atoms with van der Waals surface area (Å²) in [5.74, 6) is -3.09. The highest BCUT2D eigenvalue weighted by Gasteiger charge is 2.66. The van der Waals surface area contributed by atoms with Crippen LogP contribution in [0.5, 0.6) is 0 Å². The highest BCUT2D eigenvalue weighted by Crippen LogP contribution is 2.53. The van der Waals surface area contributed by atoms with E-state index >= 15 is 0 Å². The molecule has 1 fully saturated rings. The maximum Gasteiger partial charge on any atom is 0.296 e. The number of para-hydroxylation sites is 1. The average Bonchev–Trinajstić information content (AvgIpc) is 3.20. The van der Waals surface area contributed by atoms with Crippen LogP contribution in [-0.2, 0) is 29.9 Å². The Hall–Kier alpha value is -3.54. The number of rotatable bonds is 6. The number of aliphatic hydroxyl groups is 1. The van der Waals surface area contributed by atoms with Crippen LogP contribution in [0.3, 0.4) is 0 Å². The number of likely N-dealkylation sites (N-methyl/N-ethyl adjacent to an activating group) is 2. The van der Waals surface area contributed by atoms with Crippen LogP contribution in [0, 0.1) is 0 Å². The number of benzene rings is 2. The van der Waals surface area contributed by atoms with Gasteiger partial charge in [0.05, 0.1) is 10.5 Å². The molecule has 11 heteroatoms. The first-order chi connectivity index (χ1) is 16.9. The third-order valence-corrected chi connectivity index (χ3v) is 8.41. The third-order valence-electron chi connectivity index (χ3n) is 6.60. The van der Waals surface area contributed by atoms with Gasteiger partial charge in [-0.25, -0.2) is 12.7 Å². The maximum atomic E-state index is 13.9. The second-order valence-corrected chi connectivity index (χ2v) is 11.4. The van der Waals surface area contributed by atoms with Gasteiger partial charge in [0, 0.05) is 51.0 Å². The molecule has 2 aromatic rings. The second-order valence-electron chi connectivity index (χ2n) is 9.22. The van der Waals surface area contributed by atoms with Crippen molar-refractivity contribution in [3.05, 3.63) is 65.2 Å². The lowest BCUT2D eigenvalue weighted by Gasteiger charge is -2.34. The van der Waals surface area contributed by atoms with Crippen LogP contribution < -0.4 is 4.90 Å². The quantitative estimate of drug-likeness (QED) is 0.349. The molecule has 190 valence electrons. The Morgan fingerprint density at radius 3 is 2.31 bits per heavy atom. The summed E-state index contributed by atoms with van der Waals surface area (Å²) >= 11 is 0. The summed E-state index contributed by atoms with van der Waals surface area (Å²) < 4.78 is 26.4. The number of hydrogen-bond donors (Lipinski definition) is 1. The van der Waals surface area contributed by atoms with Crippen molar-refractivity contribution in [3.63, 3.8) is 0 Å². The lowest BCUT2D eigenvalue weighted by molar-refractivity contribution is -0.143. The molecular weight excluding hydrogens is 484 g/mol. The van der Waals surface area contributed by atoms with Gasteiger partial charge in [0.1, 0.15) is 5.76 Å². The molecule has 1 saturated heterocycles. The number of ketones is 1. The van der Waals surface area contributed by atoms with Crippen molar-refractivity contribution in [1.29, 1.82) is 0 Å². The van der Waals surface area contributed by atoms with E-state index in [2.05, 4.69) is 0 Å². The molecular formula is C25H28N4O6S. The minimum atomic E-state index is -3.85. The Balaban J connectivity index is 2.03. The zero-order valence-corrected chi connectivity index (χ0v) is 21.5.